The van der Waals surface area contributed by atoms with Crippen LogP contribution in [-0.4, -0.2) is 48.3 Å². The van der Waals surface area contributed by atoms with E-state index in [0.29, 0.717) is 13.2 Å². The van der Waals surface area contributed by atoms with E-state index < -0.39 is 6.10 Å². The molecule has 0 aliphatic carbocycles. The quantitative estimate of drug-likeness (QED) is 0.795. The number of anilines is 1. The van der Waals surface area contributed by atoms with Gasteiger partial charge in [-0.2, -0.15) is 0 Å². The van der Waals surface area contributed by atoms with Crippen molar-refractivity contribution < 1.29 is 14.3 Å². The van der Waals surface area contributed by atoms with Crippen LogP contribution in [0.2, 0.25) is 0 Å². The first kappa shape index (κ1) is 14.6. The fourth-order valence-corrected chi connectivity index (χ4v) is 3.01. The van der Waals surface area contributed by atoms with Gasteiger partial charge in [0.1, 0.15) is 18.0 Å². The molecule has 0 spiro atoms. The second-order valence-corrected chi connectivity index (χ2v) is 5.91. The van der Waals surface area contributed by atoms with Gasteiger partial charge in [0.2, 0.25) is 0 Å². The Morgan fingerprint density at radius 3 is 3.04 bits per heavy atom. The Hall–Kier alpha value is -1.96. The number of amides is 1. The normalized spacial score (nSPS) is 24.9. The average molecular weight is 316 g/mol. The van der Waals surface area contributed by atoms with Gasteiger partial charge in [-0.25, -0.2) is 4.98 Å². The minimum absolute atomic E-state index is 0.0576. The van der Waals surface area contributed by atoms with E-state index in [-0.39, 0.29) is 12.0 Å². The van der Waals surface area contributed by atoms with Crippen LogP contribution >= 0.6 is 0 Å². The van der Waals surface area contributed by atoms with Gasteiger partial charge in [0.15, 0.2) is 0 Å². The molecule has 3 N–H and O–H groups in total. The maximum Gasteiger partial charge on any atom is 0.254 e. The Morgan fingerprint density at radius 2 is 2.26 bits per heavy atom. The van der Waals surface area contributed by atoms with E-state index in [1.165, 1.54) is 0 Å². The molecule has 2 atom stereocenters. The first-order valence-corrected chi connectivity index (χ1v) is 8.04. The number of hydrogen-bond acceptors (Lipinski definition) is 5. The minimum atomic E-state index is -0.441. The Morgan fingerprint density at radius 1 is 1.30 bits per heavy atom. The predicted molar refractivity (Wildman–Crippen MR) is 85.3 cm³/mol. The second-order valence-electron chi connectivity index (χ2n) is 5.91. The van der Waals surface area contributed by atoms with E-state index in [4.69, 9.17) is 9.47 Å². The molecule has 3 heterocycles. The van der Waals surface area contributed by atoms with Gasteiger partial charge in [-0.3, -0.25) is 4.79 Å². The van der Waals surface area contributed by atoms with Crippen LogP contribution in [0.4, 0.5) is 5.69 Å². The average Bonchev–Trinajstić information content (AvgIpc) is 3.24. The maximum absolute atomic E-state index is 12.2. The Kier molecular flexibility index (Phi) is 3.99. The summed E-state index contributed by atoms with van der Waals surface area (Å²) in [4.78, 5) is 20.1. The Labute approximate surface area is 133 Å². The number of benzene rings is 1. The molecule has 7 nitrogen and oxygen atoms in total. The zero-order valence-electron chi connectivity index (χ0n) is 12.8. The molecule has 4 rings (SSSR count). The Balaban J connectivity index is 1.50. The number of carbonyl (C=O) groups excluding carboxylic acids is 1. The van der Waals surface area contributed by atoms with Crippen LogP contribution in [0.15, 0.2) is 18.2 Å². The largest absolute Gasteiger partial charge is 0.370 e. The lowest BCUT2D eigenvalue weighted by Crippen LogP contribution is -2.45. The van der Waals surface area contributed by atoms with Crippen molar-refractivity contribution in [2.24, 2.45) is 0 Å². The molecular formula is C16H20N4O3. The smallest absolute Gasteiger partial charge is 0.254 e. The fraction of sp³-hybridized carbons (Fsp3) is 0.500. The number of carbonyl (C=O) groups is 1. The van der Waals surface area contributed by atoms with Gasteiger partial charge in [-0.05, 0) is 31.0 Å². The van der Waals surface area contributed by atoms with Crippen LogP contribution in [-0.2, 0) is 14.3 Å². The van der Waals surface area contributed by atoms with Crippen molar-refractivity contribution in [1.29, 1.82) is 0 Å². The van der Waals surface area contributed by atoms with E-state index in [0.717, 1.165) is 48.5 Å². The zero-order chi connectivity index (χ0) is 15.6. The number of aromatic amines is 1. The van der Waals surface area contributed by atoms with Crippen molar-refractivity contribution in [3.8, 4) is 0 Å². The van der Waals surface area contributed by atoms with Crippen LogP contribution < -0.4 is 10.6 Å². The van der Waals surface area contributed by atoms with Crippen molar-refractivity contribution in [3.05, 3.63) is 24.0 Å². The highest BCUT2D eigenvalue weighted by molar-refractivity contribution is 5.96. The molecule has 0 saturated carbocycles. The number of hydrogen-bond donors (Lipinski definition) is 3. The molecule has 2 aliphatic heterocycles. The molecule has 0 bridgehead atoms. The number of nitrogens with zero attached hydrogens (tertiary/aromatic N) is 1. The first-order chi connectivity index (χ1) is 11.3. The number of nitrogens with one attached hydrogen (secondary N) is 3. The molecule has 122 valence electrons. The van der Waals surface area contributed by atoms with E-state index in [1.54, 1.807) is 0 Å². The SMILES string of the molecule is O=C(Nc1ccc2nc(C3CCCO3)[nH]c2c1)[C@H]1CNCCO1. The lowest BCUT2D eigenvalue weighted by Gasteiger charge is -2.22. The standard InChI is InChI=1S/C16H20N4O3/c21-16(14-9-17-5-7-23-14)18-10-3-4-11-12(8-10)20-15(19-11)13-2-1-6-22-13/h3-4,8,13-14,17H,1-2,5-7,9H2,(H,18,21)(H,19,20)/t13?,14-/m1/s1. The van der Waals surface area contributed by atoms with Gasteiger partial charge in [-0.15, -0.1) is 0 Å². The Bertz CT molecular complexity index is 702. The van der Waals surface area contributed by atoms with Crippen LogP contribution in [0.5, 0.6) is 0 Å². The van der Waals surface area contributed by atoms with Gasteiger partial charge in [0.25, 0.3) is 5.91 Å². The van der Waals surface area contributed by atoms with Crippen LogP contribution in [0.1, 0.15) is 24.8 Å². The summed E-state index contributed by atoms with van der Waals surface area (Å²) in [5.41, 5.74) is 2.51. The highest BCUT2D eigenvalue weighted by Crippen LogP contribution is 2.28. The molecule has 2 fully saturated rings. The van der Waals surface area contributed by atoms with Gasteiger partial charge < -0.3 is 25.1 Å². The molecule has 23 heavy (non-hydrogen) atoms. The summed E-state index contributed by atoms with van der Waals surface area (Å²) in [7, 11) is 0. The van der Waals surface area contributed by atoms with Gasteiger partial charge in [0, 0.05) is 25.4 Å². The lowest BCUT2D eigenvalue weighted by molar-refractivity contribution is -0.128. The van der Waals surface area contributed by atoms with Crippen molar-refractivity contribution in [2.75, 3.05) is 31.6 Å². The number of morpholine rings is 1. The molecule has 2 aliphatic rings. The number of rotatable bonds is 3. The van der Waals surface area contributed by atoms with Gasteiger partial charge in [-0.1, -0.05) is 0 Å². The summed E-state index contributed by atoms with van der Waals surface area (Å²) in [6.45, 7) is 2.68. The summed E-state index contributed by atoms with van der Waals surface area (Å²) in [6.07, 6.45) is 1.68. The summed E-state index contributed by atoms with van der Waals surface area (Å²) in [6, 6.07) is 5.66. The van der Waals surface area contributed by atoms with Gasteiger partial charge in [0.05, 0.1) is 17.6 Å². The molecule has 7 heteroatoms. The number of aromatic nitrogens is 2. The highest BCUT2D eigenvalue weighted by Gasteiger charge is 2.23. The number of H-pyrrole nitrogens is 1. The third kappa shape index (κ3) is 3.08. The summed E-state index contributed by atoms with van der Waals surface area (Å²) in [5, 5.41) is 6.05. The lowest BCUT2D eigenvalue weighted by atomic mass is 10.2. The van der Waals surface area contributed by atoms with Crippen molar-refractivity contribution >= 4 is 22.6 Å². The third-order valence-corrected chi connectivity index (χ3v) is 4.22. The highest BCUT2D eigenvalue weighted by atomic mass is 16.5. The summed E-state index contributed by atoms with van der Waals surface area (Å²) < 4.78 is 11.1. The first-order valence-electron chi connectivity index (χ1n) is 8.04. The van der Waals surface area contributed by atoms with Gasteiger partial charge >= 0.3 is 0 Å². The van der Waals surface area contributed by atoms with Crippen molar-refractivity contribution in [1.82, 2.24) is 15.3 Å². The third-order valence-electron chi connectivity index (χ3n) is 4.22. The number of ether oxygens (including phenoxy) is 2. The van der Waals surface area contributed by atoms with Crippen LogP contribution in [0.25, 0.3) is 11.0 Å². The number of fused-ring (bicyclic) bond motifs is 1. The minimum Gasteiger partial charge on any atom is -0.370 e. The predicted octanol–water partition coefficient (Wildman–Crippen LogP) is 1.34. The van der Waals surface area contributed by atoms with E-state index in [2.05, 4.69) is 20.6 Å². The molecule has 1 unspecified atom stereocenters. The van der Waals surface area contributed by atoms with Crippen LogP contribution in [0.3, 0.4) is 0 Å². The molecule has 1 amide bonds. The summed E-state index contributed by atoms with van der Waals surface area (Å²) in [5.74, 6) is 0.733. The monoisotopic (exact) mass is 316 g/mol. The van der Waals surface area contributed by atoms with Crippen LogP contribution in [0, 0.1) is 0 Å². The molecule has 1 aromatic heterocycles. The molecule has 2 aromatic rings. The zero-order valence-corrected chi connectivity index (χ0v) is 12.8. The van der Waals surface area contributed by atoms with Crippen molar-refractivity contribution in [3.63, 3.8) is 0 Å². The van der Waals surface area contributed by atoms with E-state index in [1.807, 2.05) is 18.2 Å². The topological polar surface area (TPSA) is 88.3 Å². The molecule has 0 radical (unpaired) electrons. The number of imidazole rings is 1. The maximum atomic E-state index is 12.2. The van der Waals surface area contributed by atoms with E-state index >= 15 is 0 Å². The van der Waals surface area contributed by atoms with Crippen molar-refractivity contribution in [2.45, 2.75) is 25.0 Å². The summed E-state index contributed by atoms with van der Waals surface area (Å²) >= 11 is 0. The second kappa shape index (κ2) is 6.27. The molecule has 1 aromatic carbocycles. The molecular weight excluding hydrogens is 296 g/mol. The molecule has 2 saturated heterocycles. The fourth-order valence-electron chi connectivity index (χ4n) is 3.01. The van der Waals surface area contributed by atoms with E-state index in [9.17, 15) is 4.79 Å².